The van der Waals surface area contributed by atoms with Crippen molar-refractivity contribution in [1.82, 2.24) is 25.1 Å². The fourth-order valence-corrected chi connectivity index (χ4v) is 4.19. The number of aromatic amines is 1. The molecule has 2 aromatic heterocycles. The summed E-state index contributed by atoms with van der Waals surface area (Å²) in [6.07, 6.45) is -1.16. The van der Waals surface area contributed by atoms with Gasteiger partial charge in [-0.25, -0.2) is 13.8 Å². The number of benzene rings is 1. The molecule has 1 aromatic carbocycles. The van der Waals surface area contributed by atoms with Crippen LogP contribution in [0.4, 0.5) is 27.6 Å². The maximum atomic E-state index is 13.4. The van der Waals surface area contributed by atoms with Crippen molar-refractivity contribution in [3.63, 3.8) is 0 Å². The highest BCUT2D eigenvalue weighted by Crippen LogP contribution is 2.52. The molecule has 15 heteroatoms. The van der Waals surface area contributed by atoms with Crippen LogP contribution in [-0.4, -0.2) is 50.6 Å². The van der Waals surface area contributed by atoms with Crippen LogP contribution in [0.5, 0.6) is 0 Å². The van der Waals surface area contributed by atoms with Gasteiger partial charge in [0.25, 0.3) is 17.7 Å². The minimum atomic E-state index is -4.85. The largest absolute Gasteiger partial charge is 0.435 e. The van der Waals surface area contributed by atoms with E-state index in [1.807, 2.05) is 0 Å². The van der Waals surface area contributed by atoms with Crippen LogP contribution in [0.1, 0.15) is 69.7 Å². The first kappa shape index (κ1) is 28.5. The number of carbonyl (C=O) groups excluding carboxylic acids is 2. The molecule has 0 spiro atoms. The van der Waals surface area contributed by atoms with E-state index in [-0.39, 0.29) is 45.7 Å². The average Bonchev–Trinajstić information content (AvgIpc) is 3.19. The van der Waals surface area contributed by atoms with Crippen LogP contribution in [0.2, 0.25) is 5.02 Å². The van der Waals surface area contributed by atoms with Gasteiger partial charge in [0.2, 0.25) is 0 Å². The summed E-state index contributed by atoms with van der Waals surface area (Å²) in [6, 6.07) is 2.88. The average molecular weight is 574 g/mol. The quantitative estimate of drug-likeness (QED) is 0.197. The van der Waals surface area contributed by atoms with E-state index in [1.165, 1.54) is 24.4 Å². The Morgan fingerprint density at radius 3 is 2.59 bits per heavy atom. The van der Waals surface area contributed by atoms with Crippen molar-refractivity contribution in [2.45, 2.75) is 50.2 Å². The molecule has 1 atom stereocenters. The Balaban J connectivity index is 1.39. The van der Waals surface area contributed by atoms with Gasteiger partial charge in [-0.2, -0.15) is 18.3 Å². The predicted octanol–water partition coefficient (Wildman–Crippen LogP) is 4.56. The van der Waals surface area contributed by atoms with Crippen molar-refractivity contribution in [1.29, 1.82) is 0 Å². The zero-order valence-electron chi connectivity index (χ0n) is 20.4. The van der Waals surface area contributed by atoms with Crippen molar-refractivity contribution < 1.29 is 31.5 Å². The van der Waals surface area contributed by atoms with Gasteiger partial charge in [-0.3, -0.25) is 14.3 Å². The summed E-state index contributed by atoms with van der Waals surface area (Å²) in [4.78, 5) is 31.5. The van der Waals surface area contributed by atoms with Crippen molar-refractivity contribution in [3.8, 4) is 0 Å². The van der Waals surface area contributed by atoms with Crippen LogP contribution in [-0.2, 0) is 12.6 Å². The van der Waals surface area contributed by atoms with E-state index in [2.05, 4.69) is 25.7 Å². The lowest BCUT2D eigenvalue weighted by Crippen LogP contribution is -2.25. The van der Waals surface area contributed by atoms with Gasteiger partial charge >= 0.3 is 6.18 Å². The number of unbranched alkanes of at least 4 members (excludes halogenated alkanes) is 2. The Hall–Kier alpha value is -3.52. The molecule has 1 saturated carbocycles. The number of carbonyl (C=O) groups is 2. The fraction of sp³-hybridized carbons (Fsp3) is 0.417. The molecule has 2 heterocycles. The van der Waals surface area contributed by atoms with Crippen LogP contribution in [0, 0.1) is 0 Å². The number of halogens is 6. The van der Waals surface area contributed by atoms with Gasteiger partial charge in [0.15, 0.2) is 11.5 Å². The summed E-state index contributed by atoms with van der Waals surface area (Å²) in [7, 11) is 0. The number of nitrogens with two attached hydrogens (primary N) is 1. The second-order valence-electron chi connectivity index (χ2n) is 9.15. The standard InChI is InChI=1S/C24H25ClF5N7O2/c25-17-9-14(4-5-16(17)21(38)32-7-3-1-2-6-31)35-22(39)20-33-11-15(34-20)8-13-12-37(18-10-23(18,26)27)36-19(13)24(28,29)30/h4-5,9,11-12,18H,1-3,6-8,10,31H2,(H,32,38)(H,33,34)(H,35,39)/t18-/m0/s1. The Morgan fingerprint density at radius 1 is 1.21 bits per heavy atom. The molecule has 2 amide bonds. The number of alkyl halides is 5. The molecule has 1 aliphatic rings. The Kier molecular flexibility index (Phi) is 8.25. The first-order chi connectivity index (χ1) is 18.4. The second-order valence-corrected chi connectivity index (χ2v) is 9.56. The summed E-state index contributed by atoms with van der Waals surface area (Å²) >= 11 is 6.21. The third-order valence-electron chi connectivity index (χ3n) is 6.05. The van der Waals surface area contributed by atoms with E-state index in [0.717, 1.165) is 25.5 Å². The SMILES string of the molecule is NCCCCCNC(=O)c1ccc(NC(=O)c2ncc(Cc3cn([C@H]4CC4(F)F)nc3C(F)(F)F)[nH]2)cc1Cl. The highest BCUT2D eigenvalue weighted by Gasteiger charge is 2.59. The number of H-pyrrole nitrogens is 1. The van der Waals surface area contributed by atoms with Crippen LogP contribution in [0.3, 0.4) is 0 Å². The third kappa shape index (κ3) is 6.92. The second kappa shape index (κ2) is 11.3. The minimum absolute atomic E-state index is 0.102. The highest BCUT2D eigenvalue weighted by atomic mass is 35.5. The number of hydrogen-bond donors (Lipinski definition) is 4. The van der Waals surface area contributed by atoms with Crippen molar-refractivity contribution in [2.75, 3.05) is 18.4 Å². The molecular weight excluding hydrogens is 549 g/mol. The molecule has 0 radical (unpaired) electrons. The Bertz CT molecular complexity index is 1350. The molecule has 5 N–H and O–H groups in total. The van der Waals surface area contributed by atoms with Crippen LogP contribution < -0.4 is 16.4 Å². The molecule has 4 rings (SSSR count). The molecule has 9 nitrogen and oxygen atoms in total. The molecule has 0 bridgehead atoms. The first-order valence-electron chi connectivity index (χ1n) is 12.0. The maximum Gasteiger partial charge on any atom is 0.435 e. The number of hydrogen-bond acceptors (Lipinski definition) is 5. The zero-order chi connectivity index (χ0) is 28.4. The van der Waals surface area contributed by atoms with E-state index in [4.69, 9.17) is 17.3 Å². The number of nitrogens with one attached hydrogen (secondary N) is 3. The number of rotatable bonds is 11. The molecular formula is C24H25ClF5N7O2. The molecule has 1 aliphatic carbocycles. The molecule has 210 valence electrons. The first-order valence-corrected chi connectivity index (χ1v) is 12.4. The highest BCUT2D eigenvalue weighted by molar-refractivity contribution is 6.34. The van der Waals surface area contributed by atoms with Crippen LogP contribution >= 0.6 is 11.6 Å². The summed E-state index contributed by atoms with van der Waals surface area (Å²) in [5.74, 6) is -4.37. The van der Waals surface area contributed by atoms with Crippen LogP contribution in [0.15, 0.2) is 30.6 Å². The van der Waals surface area contributed by atoms with Crippen LogP contribution in [0.25, 0.3) is 0 Å². The van der Waals surface area contributed by atoms with Crippen molar-refractivity contribution >= 4 is 29.1 Å². The number of imidazole rings is 1. The molecule has 39 heavy (non-hydrogen) atoms. The summed E-state index contributed by atoms with van der Waals surface area (Å²) in [5.41, 5.74) is 4.45. The van der Waals surface area contributed by atoms with E-state index in [0.29, 0.717) is 17.8 Å². The lowest BCUT2D eigenvalue weighted by molar-refractivity contribution is -0.142. The van der Waals surface area contributed by atoms with Gasteiger partial charge in [0.1, 0.15) is 6.04 Å². The smallest absolute Gasteiger partial charge is 0.352 e. The normalized spacial score (nSPS) is 16.2. The lowest BCUT2D eigenvalue weighted by atomic mass is 10.1. The van der Waals surface area contributed by atoms with Gasteiger partial charge in [-0.05, 0) is 37.6 Å². The minimum Gasteiger partial charge on any atom is -0.352 e. The fourth-order valence-electron chi connectivity index (χ4n) is 3.92. The summed E-state index contributed by atoms with van der Waals surface area (Å²) in [5, 5.41) is 8.74. The number of anilines is 1. The predicted molar refractivity (Wildman–Crippen MR) is 132 cm³/mol. The monoisotopic (exact) mass is 573 g/mol. The Morgan fingerprint density at radius 2 is 1.95 bits per heavy atom. The van der Waals surface area contributed by atoms with Crippen molar-refractivity contribution in [2.24, 2.45) is 5.73 Å². The van der Waals surface area contributed by atoms with Gasteiger partial charge in [-0.1, -0.05) is 18.0 Å². The molecule has 1 fully saturated rings. The van der Waals surface area contributed by atoms with E-state index >= 15 is 0 Å². The Labute approximate surface area is 224 Å². The third-order valence-corrected chi connectivity index (χ3v) is 6.36. The van der Waals surface area contributed by atoms with Gasteiger partial charge < -0.3 is 21.4 Å². The molecule has 0 unspecified atom stereocenters. The van der Waals surface area contributed by atoms with Gasteiger partial charge in [0, 0.05) is 48.7 Å². The van der Waals surface area contributed by atoms with E-state index < -0.39 is 36.2 Å². The molecule has 0 aliphatic heterocycles. The number of aromatic nitrogens is 4. The molecule has 0 saturated heterocycles. The van der Waals surface area contributed by atoms with Crippen molar-refractivity contribution in [3.05, 3.63) is 64.0 Å². The maximum absolute atomic E-state index is 13.4. The summed E-state index contributed by atoms with van der Waals surface area (Å²) < 4.78 is 67.7. The molecule has 3 aromatic rings. The lowest BCUT2D eigenvalue weighted by Gasteiger charge is -2.09. The number of amides is 2. The van der Waals surface area contributed by atoms with Gasteiger partial charge in [0.05, 0.1) is 10.6 Å². The van der Waals surface area contributed by atoms with E-state index in [9.17, 15) is 31.5 Å². The number of nitrogens with zero attached hydrogens (tertiary/aromatic N) is 3. The van der Waals surface area contributed by atoms with E-state index in [1.54, 1.807) is 0 Å². The zero-order valence-corrected chi connectivity index (χ0v) is 21.2. The topological polar surface area (TPSA) is 131 Å². The summed E-state index contributed by atoms with van der Waals surface area (Å²) in [6.45, 7) is 1.05. The van der Waals surface area contributed by atoms with Gasteiger partial charge in [-0.15, -0.1) is 0 Å².